The molecular weight excluding hydrogens is 180 g/mol. The number of benzene rings is 1. The van der Waals surface area contributed by atoms with Crippen molar-refractivity contribution in [1.82, 2.24) is 0 Å². The summed E-state index contributed by atoms with van der Waals surface area (Å²) in [6.45, 7) is 0. The summed E-state index contributed by atoms with van der Waals surface area (Å²) in [4.78, 5) is 21.0. The predicted octanol–water partition coefficient (Wildman–Crippen LogP) is 1.02. The summed E-state index contributed by atoms with van der Waals surface area (Å²) in [7, 11) is 1.27. The molecule has 14 heavy (non-hydrogen) atoms. The molecule has 0 saturated carbocycles. The molecule has 0 aromatic heterocycles. The van der Waals surface area contributed by atoms with Gasteiger partial charge in [0.1, 0.15) is 6.29 Å². The van der Waals surface area contributed by atoms with Crippen molar-refractivity contribution in [2.75, 3.05) is 7.11 Å². The van der Waals surface area contributed by atoms with Crippen molar-refractivity contribution in [2.24, 2.45) is 0 Å². The smallest absolute Gasteiger partial charge is 0.384 e. The molecule has 1 aromatic carbocycles. The molecule has 0 bridgehead atoms. The molecule has 0 fully saturated rings. The standard InChI is InChI=1S/C11H8O3/c1-14-11(13)7-6-9-2-4-10(8-12)5-3-9/h2-5,8H,1H3. The van der Waals surface area contributed by atoms with Crippen molar-refractivity contribution in [3.8, 4) is 11.8 Å². The van der Waals surface area contributed by atoms with Crippen LogP contribution in [-0.2, 0) is 9.53 Å². The van der Waals surface area contributed by atoms with Crippen LogP contribution in [0.5, 0.6) is 0 Å². The zero-order chi connectivity index (χ0) is 10.4. The maximum absolute atomic E-state index is 10.7. The van der Waals surface area contributed by atoms with Crippen LogP contribution in [0.2, 0.25) is 0 Å². The molecule has 0 aliphatic rings. The van der Waals surface area contributed by atoms with Gasteiger partial charge in [-0.05, 0) is 12.1 Å². The van der Waals surface area contributed by atoms with Gasteiger partial charge in [0.2, 0.25) is 0 Å². The molecule has 3 heteroatoms. The Morgan fingerprint density at radius 1 is 1.36 bits per heavy atom. The molecule has 1 rings (SSSR count). The molecule has 1 aromatic rings. The zero-order valence-electron chi connectivity index (χ0n) is 7.61. The third-order valence-electron chi connectivity index (χ3n) is 1.54. The zero-order valence-corrected chi connectivity index (χ0v) is 7.61. The maximum Gasteiger partial charge on any atom is 0.384 e. The summed E-state index contributed by atoms with van der Waals surface area (Å²) in [6.07, 6.45) is 0.748. The Morgan fingerprint density at radius 2 is 2.00 bits per heavy atom. The first-order chi connectivity index (χ1) is 6.76. The molecular formula is C11H8O3. The lowest BCUT2D eigenvalue weighted by atomic mass is 10.1. The molecule has 0 saturated heterocycles. The van der Waals surface area contributed by atoms with Crippen LogP contribution in [0.1, 0.15) is 15.9 Å². The van der Waals surface area contributed by atoms with E-state index in [9.17, 15) is 9.59 Å². The first kappa shape index (κ1) is 10.0. The fraction of sp³-hybridized carbons (Fsp3) is 0.0909. The van der Waals surface area contributed by atoms with Gasteiger partial charge in [-0.3, -0.25) is 4.79 Å². The summed E-state index contributed by atoms with van der Waals surface area (Å²) in [5.74, 6) is 4.31. The highest BCUT2D eigenvalue weighted by Crippen LogP contribution is 2.00. The van der Waals surface area contributed by atoms with Gasteiger partial charge in [-0.2, -0.15) is 0 Å². The van der Waals surface area contributed by atoms with Gasteiger partial charge in [0.05, 0.1) is 7.11 Å². The number of rotatable bonds is 1. The lowest BCUT2D eigenvalue weighted by molar-refractivity contribution is -0.133. The Morgan fingerprint density at radius 3 is 2.50 bits per heavy atom. The number of carbonyl (C=O) groups is 2. The molecule has 0 heterocycles. The van der Waals surface area contributed by atoms with E-state index in [1.54, 1.807) is 24.3 Å². The first-order valence-electron chi connectivity index (χ1n) is 3.91. The van der Waals surface area contributed by atoms with E-state index >= 15 is 0 Å². The third-order valence-corrected chi connectivity index (χ3v) is 1.54. The SMILES string of the molecule is COC(=O)C#Cc1ccc(C=O)cc1. The van der Waals surface area contributed by atoms with Crippen molar-refractivity contribution in [3.63, 3.8) is 0 Å². The molecule has 70 valence electrons. The van der Waals surface area contributed by atoms with Crippen molar-refractivity contribution in [1.29, 1.82) is 0 Å². The summed E-state index contributed by atoms with van der Waals surface area (Å²) in [5, 5.41) is 0. The molecule has 0 N–H and O–H groups in total. The Hall–Kier alpha value is -2.08. The Bertz CT molecular complexity index is 393. The van der Waals surface area contributed by atoms with Crippen molar-refractivity contribution < 1.29 is 14.3 Å². The van der Waals surface area contributed by atoms with Crippen LogP contribution in [-0.4, -0.2) is 19.4 Å². The Kier molecular flexibility index (Phi) is 3.45. The van der Waals surface area contributed by atoms with E-state index in [0.29, 0.717) is 11.1 Å². The second-order valence-electron chi connectivity index (χ2n) is 2.48. The first-order valence-corrected chi connectivity index (χ1v) is 3.91. The highest BCUT2D eigenvalue weighted by Gasteiger charge is 1.91. The summed E-state index contributed by atoms with van der Waals surface area (Å²) in [6, 6.07) is 6.60. The fourth-order valence-electron chi connectivity index (χ4n) is 0.819. The van der Waals surface area contributed by atoms with Gasteiger partial charge < -0.3 is 4.74 Å². The number of hydrogen-bond donors (Lipinski definition) is 0. The van der Waals surface area contributed by atoms with Crippen molar-refractivity contribution >= 4 is 12.3 Å². The Balaban J connectivity index is 2.81. The average molecular weight is 188 g/mol. The third kappa shape index (κ3) is 2.76. The molecule has 0 unspecified atom stereocenters. The number of esters is 1. The van der Waals surface area contributed by atoms with E-state index in [1.807, 2.05) is 0 Å². The predicted molar refractivity (Wildman–Crippen MR) is 50.7 cm³/mol. The summed E-state index contributed by atoms with van der Waals surface area (Å²) < 4.78 is 4.35. The lowest BCUT2D eigenvalue weighted by Gasteiger charge is -1.90. The molecule has 0 radical (unpaired) electrons. The second kappa shape index (κ2) is 4.83. The number of aldehydes is 1. The molecule has 0 atom stereocenters. The highest BCUT2D eigenvalue weighted by atomic mass is 16.5. The van der Waals surface area contributed by atoms with Crippen molar-refractivity contribution in [2.45, 2.75) is 0 Å². The summed E-state index contributed by atoms with van der Waals surface area (Å²) in [5.41, 5.74) is 1.25. The Labute approximate surface area is 81.7 Å². The molecule has 0 amide bonds. The lowest BCUT2D eigenvalue weighted by Crippen LogP contribution is -1.94. The van der Waals surface area contributed by atoms with Crippen LogP contribution in [0, 0.1) is 11.8 Å². The van der Waals surface area contributed by atoms with E-state index in [1.165, 1.54) is 7.11 Å². The largest absolute Gasteiger partial charge is 0.459 e. The van der Waals surface area contributed by atoms with Gasteiger partial charge in [0.25, 0.3) is 0 Å². The van der Waals surface area contributed by atoms with Crippen LogP contribution in [0.4, 0.5) is 0 Å². The molecule has 0 aliphatic carbocycles. The number of methoxy groups -OCH3 is 1. The van der Waals surface area contributed by atoms with Gasteiger partial charge in [-0.25, -0.2) is 4.79 Å². The van der Waals surface area contributed by atoms with Gasteiger partial charge >= 0.3 is 5.97 Å². The molecule has 0 spiro atoms. The van der Waals surface area contributed by atoms with E-state index in [-0.39, 0.29) is 0 Å². The average Bonchev–Trinajstić information content (AvgIpc) is 2.26. The quantitative estimate of drug-likeness (QED) is 0.375. The normalized spacial score (nSPS) is 8.36. The van der Waals surface area contributed by atoms with E-state index in [4.69, 9.17) is 0 Å². The summed E-state index contributed by atoms with van der Waals surface area (Å²) >= 11 is 0. The van der Waals surface area contributed by atoms with Crippen LogP contribution in [0.15, 0.2) is 24.3 Å². The molecule has 0 aliphatic heterocycles. The van der Waals surface area contributed by atoms with Gasteiger partial charge in [0, 0.05) is 17.0 Å². The monoisotopic (exact) mass is 188 g/mol. The minimum Gasteiger partial charge on any atom is -0.459 e. The topological polar surface area (TPSA) is 43.4 Å². The van der Waals surface area contributed by atoms with E-state index in [0.717, 1.165) is 6.29 Å². The fourth-order valence-corrected chi connectivity index (χ4v) is 0.819. The highest BCUT2D eigenvalue weighted by molar-refractivity contribution is 5.89. The number of hydrogen-bond acceptors (Lipinski definition) is 3. The minimum absolute atomic E-state index is 0.577. The number of carbonyl (C=O) groups excluding carboxylic acids is 2. The van der Waals surface area contributed by atoms with Crippen molar-refractivity contribution in [3.05, 3.63) is 35.4 Å². The number of ether oxygens (including phenoxy) is 1. The van der Waals surface area contributed by atoms with Gasteiger partial charge in [-0.1, -0.05) is 18.1 Å². The maximum atomic E-state index is 10.7. The minimum atomic E-state index is -0.579. The van der Waals surface area contributed by atoms with Gasteiger partial charge in [0.15, 0.2) is 0 Å². The second-order valence-corrected chi connectivity index (χ2v) is 2.48. The van der Waals surface area contributed by atoms with Crippen LogP contribution < -0.4 is 0 Å². The van der Waals surface area contributed by atoms with Crippen LogP contribution in [0.25, 0.3) is 0 Å². The van der Waals surface area contributed by atoms with E-state index < -0.39 is 5.97 Å². The van der Waals surface area contributed by atoms with Gasteiger partial charge in [-0.15, -0.1) is 0 Å². The van der Waals surface area contributed by atoms with E-state index in [2.05, 4.69) is 16.6 Å². The van der Waals surface area contributed by atoms with Crippen LogP contribution >= 0.6 is 0 Å². The molecule has 3 nitrogen and oxygen atoms in total. The van der Waals surface area contributed by atoms with Crippen LogP contribution in [0.3, 0.4) is 0 Å².